The first-order valence-corrected chi connectivity index (χ1v) is 6.21. The van der Waals surface area contributed by atoms with Crippen LogP contribution in [0.15, 0.2) is 36.4 Å². The van der Waals surface area contributed by atoms with E-state index in [2.05, 4.69) is 0 Å². The lowest BCUT2D eigenvalue weighted by atomic mass is 10.1. The van der Waals surface area contributed by atoms with Gasteiger partial charge in [0.25, 0.3) is 5.91 Å². The summed E-state index contributed by atoms with van der Waals surface area (Å²) in [5.74, 6) is -1.63. The van der Waals surface area contributed by atoms with Crippen molar-refractivity contribution in [3.8, 4) is 0 Å². The average Bonchev–Trinajstić information content (AvgIpc) is 2.67. The van der Waals surface area contributed by atoms with Crippen LogP contribution in [0.25, 0.3) is 10.8 Å². The Labute approximate surface area is 115 Å². The topological polar surface area (TPSA) is 77.8 Å². The number of hydrogen-bond acceptors (Lipinski definition) is 3. The summed E-state index contributed by atoms with van der Waals surface area (Å²) in [4.78, 5) is 24.8. The van der Waals surface area contributed by atoms with Gasteiger partial charge in [-0.15, -0.1) is 0 Å². The Balaban J connectivity index is 2.12. The van der Waals surface area contributed by atoms with Gasteiger partial charge in [0.2, 0.25) is 0 Å². The fourth-order valence-corrected chi connectivity index (χ4v) is 2.51. The van der Waals surface area contributed by atoms with Crippen molar-refractivity contribution in [1.29, 1.82) is 0 Å². The summed E-state index contributed by atoms with van der Waals surface area (Å²) in [5, 5.41) is 20.7. The van der Waals surface area contributed by atoms with E-state index in [0.717, 1.165) is 10.8 Å². The molecule has 2 aromatic carbocycles. The molecule has 1 unspecified atom stereocenters. The maximum absolute atomic E-state index is 12.4. The molecule has 0 bridgehead atoms. The summed E-state index contributed by atoms with van der Waals surface area (Å²) in [6.45, 7) is 0.903. The highest BCUT2D eigenvalue weighted by molar-refractivity contribution is 6.25. The first-order chi connectivity index (χ1) is 9.42. The first kappa shape index (κ1) is 12.6. The Morgan fingerprint density at radius 3 is 2.55 bits per heavy atom. The Hall–Kier alpha value is -2.40. The highest BCUT2D eigenvalue weighted by Gasteiger charge is 2.38. The highest BCUT2D eigenvalue weighted by atomic mass is 16.4. The van der Waals surface area contributed by atoms with E-state index in [1.54, 1.807) is 18.2 Å². The molecule has 2 aromatic rings. The molecule has 0 spiro atoms. The van der Waals surface area contributed by atoms with Crippen LogP contribution in [0.1, 0.15) is 17.3 Å². The molecule has 0 fully saturated rings. The van der Waals surface area contributed by atoms with E-state index in [-0.39, 0.29) is 12.5 Å². The third-order valence-corrected chi connectivity index (χ3v) is 3.58. The molecule has 0 radical (unpaired) electrons. The highest BCUT2D eigenvalue weighted by Crippen LogP contribution is 2.37. The summed E-state index contributed by atoms with van der Waals surface area (Å²) < 4.78 is 0. The molecule has 3 rings (SSSR count). The number of carboxylic acid groups (broad SMARTS) is 1. The molecule has 1 heterocycles. The third-order valence-electron chi connectivity index (χ3n) is 3.58. The number of rotatable bonds is 3. The van der Waals surface area contributed by atoms with Gasteiger partial charge in [0.15, 0.2) is 5.60 Å². The Morgan fingerprint density at radius 1 is 1.25 bits per heavy atom. The summed E-state index contributed by atoms with van der Waals surface area (Å²) in [6, 6.07) is 10.9. The van der Waals surface area contributed by atoms with Crippen molar-refractivity contribution in [3.05, 3.63) is 42.0 Å². The zero-order valence-electron chi connectivity index (χ0n) is 10.8. The van der Waals surface area contributed by atoms with Gasteiger partial charge in [-0.25, -0.2) is 4.79 Å². The van der Waals surface area contributed by atoms with Gasteiger partial charge < -0.3 is 15.1 Å². The second kappa shape index (κ2) is 4.05. The van der Waals surface area contributed by atoms with E-state index < -0.39 is 11.6 Å². The lowest BCUT2D eigenvalue weighted by Crippen LogP contribution is -2.47. The van der Waals surface area contributed by atoms with E-state index in [1.807, 2.05) is 18.2 Å². The number of nitrogens with zero attached hydrogens (tertiary/aromatic N) is 1. The SMILES string of the molecule is CC(O)(CN1C(=O)c2cccc3cccc1c23)C(=O)O. The van der Waals surface area contributed by atoms with Crippen molar-refractivity contribution in [2.45, 2.75) is 12.5 Å². The molecule has 0 saturated carbocycles. The van der Waals surface area contributed by atoms with Crippen molar-refractivity contribution >= 4 is 28.3 Å². The molecule has 0 saturated heterocycles. The van der Waals surface area contributed by atoms with Crippen LogP contribution in [0.3, 0.4) is 0 Å². The standard InChI is InChI=1S/C15H13NO4/c1-15(20,14(18)19)8-16-11-7-3-5-9-4-2-6-10(12(9)11)13(16)17/h2-7,20H,8H2,1H3,(H,18,19). The van der Waals surface area contributed by atoms with Crippen LogP contribution in [0.5, 0.6) is 0 Å². The van der Waals surface area contributed by atoms with Gasteiger partial charge >= 0.3 is 5.97 Å². The Bertz CT molecular complexity index is 730. The maximum Gasteiger partial charge on any atom is 0.337 e. The van der Waals surface area contributed by atoms with E-state index in [1.165, 1.54) is 11.8 Å². The number of aliphatic carboxylic acids is 1. The van der Waals surface area contributed by atoms with Gasteiger partial charge in [0, 0.05) is 10.9 Å². The number of β-amino-alcohol motifs (C(OH)–C–C–N with tert-alkyl or cyclic N) is 1. The van der Waals surface area contributed by atoms with Crippen molar-refractivity contribution in [3.63, 3.8) is 0 Å². The fraction of sp³-hybridized carbons (Fsp3) is 0.200. The lowest BCUT2D eigenvalue weighted by molar-refractivity contribution is -0.155. The summed E-state index contributed by atoms with van der Waals surface area (Å²) in [6.07, 6.45) is 0. The van der Waals surface area contributed by atoms with Gasteiger partial charge in [-0.3, -0.25) is 4.79 Å². The molecule has 5 heteroatoms. The zero-order valence-corrected chi connectivity index (χ0v) is 10.8. The number of carbonyl (C=O) groups excluding carboxylic acids is 1. The molecule has 102 valence electrons. The molecule has 1 aliphatic heterocycles. The van der Waals surface area contributed by atoms with E-state index in [9.17, 15) is 14.7 Å². The molecule has 5 nitrogen and oxygen atoms in total. The molecule has 20 heavy (non-hydrogen) atoms. The van der Waals surface area contributed by atoms with Crippen molar-refractivity contribution in [1.82, 2.24) is 0 Å². The molecule has 2 N–H and O–H groups in total. The Morgan fingerprint density at radius 2 is 1.90 bits per heavy atom. The van der Waals surface area contributed by atoms with Crippen LogP contribution in [0.2, 0.25) is 0 Å². The molecular formula is C15H13NO4. The second-order valence-electron chi connectivity index (χ2n) is 5.15. The van der Waals surface area contributed by atoms with Gasteiger partial charge in [0.05, 0.1) is 12.2 Å². The summed E-state index contributed by atoms with van der Waals surface area (Å²) in [5.41, 5.74) is -0.802. The molecule has 1 atom stereocenters. The van der Waals surface area contributed by atoms with Gasteiger partial charge in [-0.1, -0.05) is 24.3 Å². The van der Waals surface area contributed by atoms with E-state index in [0.29, 0.717) is 11.3 Å². The van der Waals surface area contributed by atoms with E-state index >= 15 is 0 Å². The minimum absolute atomic E-state index is 0.279. The molecule has 1 aliphatic rings. The van der Waals surface area contributed by atoms with Gasteiger partial charge in [-0.05, 0) is 24.4 Å². The summed E-state index contributed by atoms with van der Waals surface area (Å²) in [7, 11) is 0. The maximum atomic E-state index is 12.4. The number of carboxylic acids is 1. The molecule has 0 aromatic heterocycles. The Kier molecular flexibility index (Phi) is 2.55. The molecular weight excluding hydrogens is 258 g/mol. The van der Waals surface area contributed by atoms with Crippen LogP contribution >= 0.6 is 0 Å². The van der Waals surface area contributed by atoms with Crippen LogP contribution < -0.4 is 4.90 Å². The van der Waals surface area contributed by atoms with Crippen LogP contribution in [-0.2, 0) is 4.79 Å². The number of hydrogen-bond donors (Lipinski definition) is 2. The minimum atomic E-state index is -1.99. The number of carbonyl (C=O) groups is 2. The number of benzene rings is 2. The average molecular weight is 271 g/mol. The second-order valence-corrected chi connectivity index (χ2v) is 5.15. The van der Waals surface area contributed by atoms with Gasteiger partial charge in [0.1, 0.15) is 0 Å². The predicted molar refractivity (Wildman–Crippen MR) is 73.9 cm³/mol. The van der Waals surface area contributed by atoms with Gasteiger partial charge in [-0.2, -0.15) is 0 Å². The molecule has 0 aliphatic carbocycles. The lowest BCUT2D eigenvalue weighted by Gasteiger charge is -2.25. The normalized spacial score (nSPS) is 16.5. The van der Waals surface area contributed by atoms with Crippen molar-refractivity contribution in [2.24, 2.45) is 0 Å². The minimum Gasteiger partial charge on any atom is -0.479 e. The fourth-order valence-electron chi connectivity index (χ4n) is 2.51. The van der Waals surface area contributed by atoms with Crippen LogP contribution in [0, 0.1) is 0 Å². The largest absolute Gasteiger partial charge is 0.479 e. The number of anilines is 1. The van der Waals surface area contributed by atoms with Crippen molar-refractivity contribution < 1.29 is 19.8 Å². The van der Waals surface area contributed by atoms with Crippen LogP contribution in [0.4, 0.5) is 5.69 Å². The predicted octanol–water partition coefficient (Wildman–Crippen LogP) is 1.64. The van der Waals surface area contributed by atoms with E-state index in [4.69, 9.17) is 5.11 Å². The number of amides is 1. The number of aliphatic hydroxyl groups is 1. The first-order valence-electron chi connectivity index (χ1n) is 6.21. The third kappa shape index (κ3) is 1.67. The van der Waals surface area contributed by atoms with Crippen LogP contribution in [-0.4, -0.2) is 34.2 Å². The summed E-state index contributed by atoms with van der Waals surface area (Å²) >= 11 is 0. The zero-order chi connectivity index (χ0) is 14.5. The van der Waals surface area contributed by atoms with Crippen molar-refractivity contribution in [2.75, 3.05) is 11.4 Å². The smallest absolute Gasteiger partial charge is 0.337 e. The monoisotopic (exact) mass is 271 g/mol. The molecule has 1 amide bonds. The quantitative estimate of drug-likeness (QED) is 0.889.